The topological polar surface area (TPSA) is 93.1 Å². The Morgan fingerprint density at radius 1 is 0.473 bits per heavy atom. The maximum atomic E-state index is 12.5. The molecule has 0 heterocycles. The number of phenolic OH excluding ortho intramolecular Hbond substituents is 2. The molecule has 6 nitrogen and oxygen atoms in total. The lowest BCUT2D eigenvalue weighted by atomic mass is 9.78. The molecule has 0 unspecified atom stereocenters. The molecule has 4 aromatic rings. The fourth-order valence-electron chi connectivity index (χ4n) is 6.48. The first-order valence-electron chi connectivity index (χ1n) is 19.3. The van der Waals surface area contributed by atoms with E-state index in [1.54, 1.807) is 0 Å². The van der Waals surface area contributed by atoms with Crippen LogP contribution in [0.4, 0.5) is 0 Å². The molecule has 0 saturated heterocycles. The first-order chi connectivity index (χ1) is 25.4. The molecule has 4 aromatic carbocycles. The fourth-order valence-corrected chi connectivity index (χ4v) is 7.31. The Kier molecular flexibility index (Phi) is 13.7. The van der Waals surface area contributed by atoms with Crippen LogP contribution in [0.1, 0.15) is 140 Å². The molecule has 4 rings (SSSR count). The summed E-state index contributed by atoms with van der Waals surface area (Å²) >= 11 is 1.51. The van der Waals surface area contributed by atoms with Gasteiger partial charge in [0, 0.05) is 11.5 Å². The van der Waals surface area contributed by atoms with Crippen molar-refractivity contribution in [2.45, 2.75) is 130 Å². The van der Waals surface area contributed by atoms with E-state index in [1.807, 2.05) is 48.5 Å². The van der Waals surface area contributed by atoms with Crippen molar-refractivity contribution in [2.24, 2.45) is 0 Å². The second-order valence-corrected chi connectivity index (χ2v) is 20.0. The van der Waals surface area contributed by atoms with Crippen LogP contribution in [0.5, 0.6) is 23.0 Å². The molecule has 7 heteroatoms. The number of benzene rings is 4. The minimum atomic E-state index is -0.317. The Balaban J connectivity index is 1.21. The minimum Gasteiger partial charge on any atom is -0.507 e. The molecule has 55 heavy (non-hydrogen) atoms. The van der Waals surface area contributed by atoms with Gasteiger partial charge < -0.3 is 19.7 Å². The average molecular weight is 767 g/mol. The van der Waals surface area contributed by atoms with Crippen molar-refractivity contribution in [2.75, 3.05) is 11.5 Å². The van der Waals surface area contributed by atoms with Crippen LogP contribution in [0.3, 0.4) is 0 Å². The van der Waals surface area contributed by atoms with E-state index in [4.69, 9.17) is 9.47 Å². The lowest BCUT2D eigenvalue weighted by Crippen LogP contribution is -2.18. The van der Waals surface area contributed by atoms with Gasteiger partial charge in [0.15, 0.2) is 0 Å². The maximum Gasteiger partial charge on any atom is 0.312 e. The van der Waals surface area contributed by atoms with Crippen molar-refractivity contribution >= 4 is 23.7 Å². The van der Waals surface area contributed by atoms with E-state index in [9.17, 15) is 19.8 Å². The van der Waals surface area contributed by atoms with E-state index >= 15 is 0 Å². The van der Waals surface area contributed by atoms with Crippen LogP contribution < -0.4 is 9.47 Å². The number of rotatable bonds is 12. The van der Waals surface area contributed by atoms with Gasteiger partial charge in [0.25, 0.3) is 0 Å². The summed E-state index contributed by atoms with van der Waals surface area (Å²) in [4.78, 5) is 25.1. The van der Waals surface area contributed by atoms with Crippen LogP contribution in [0.15, 0.2) is 72.8 Å². The number of carbonyl (C=O) groups is 2. The van der Waals surface area contributed by atoms with Gasteiger partial charge in [-0.2, -0.15) is 11.8 Å². The average Bonchev–Trinajstić information content (AvgIpc) is 3.05. The highest BCUT2D eigenvalue weighted by atomic mass is 32.2. The van der Waals surface area contributed by atoms with E-state index in [0.29, 0.717) is 47.3 Å². The van der Waals surface area contributed by atoms with Gasteiger partial charge in [0.1, 0.15) is 23.0 Å². The SMILES string of the molecule is CC(C)(C)c1cc(Cc2ccc(OC(=O)CCSCCC(=O)Oc3ccc(Cc4cc(C(C)(C)C)c(O)c(C(C)(C)C)c4)cc3)cc2)cc(C(C)(C)C)c1O. The second kappa shape index (κ2) is 17.3. The van der Waals surface area contributed by atoms with Crippen molar-refractivity contribution in [1.29, 1.82) is 0 Å². The molecule has 0 saturated carbocycles. The third-order valence-corrected chi connectivity index (χ3v) is 10.6. The van der Waals surface area contributed by atoms with Crippen LogP contribution in [-0.4, -0.2) is 33.7 Å². The molecule has 0 aliphatic rings. The van der Waals surface area contributed by atoms with Gasteiger partial charge in [-0.15, -0.1) is 0 Å². The number of phenols is 2. The Hall–Kier alpha value is -4.23. The Morgan fingerprint density at radius 3 is 1.00 bits per heavy atom. The van der Waals surface area contributed by atoms with Crippen LogP contribution in [0.2, 0.25) is 0 Å². The smallest absolute Gasteiger partial charge is 0.312 e. The zero-order valence-corrected chi connectivity index (χ0v) is 35.9. The fraction of sp³-hybridized carbons (Fsp3) is 0.458. The van der Waals surface area contributed by atoms with Crippen molar-refractivity contribution in [3.63, 3.8) is 0 Å². The number of hydrogen-bond donors (Lipinski definition) is 2. The molecule has 0 aliphatic heterocycles. The quantitative estimate of drug-likeness (QED) is 0.0842. The highest BCUT2D eigenvalue weighted by Gasteiger charge is 2.28. The van der Waals surface area contributed by atoms with Crippen molar-refractivity contribution in [3.8, 4) is 23.0 Å². The second-order valence-electron chi connectivity index (χ2n) is 18.8. The molecule has 0 radical (unpaired) electrons. The van der Waals surface area contributed by atoms with Crippen molar-refractivity contribution in [1.82, 2.24) is 0 Å². The molecule has 296 valence electrons. The number of ether oxygens (including phenoxy) is 2. The van der Waals surface area contributed by atoms with E-state index in [-0.39, 0.29) is 46.4 Å². The molecule has 0 spiro atoms. The number of aromatic hydroxyl groups is 2. The molecule has 0 fully saturated rings. The molecule has 0 bridgehead atoms. The number of carbonyl (C=O) groups excluding carboxylic acids is 2. The van der Waals surface area contributed by atoms with E-state index < -0.39 is 0 Å². The number of esters is 2. The number of hydrogen-bond acceptors (Lipinski definition) is 7. The zero-order chi connectivity index (χ0) is 40.9. The molecular formula is C48H62O6S. The van der Waals surface area contributed by atoms with Crippen molar-refractivity contribution < 1.29 is 29.3 Å². The van der Waals surface area contributed by atoms with E-state index in [2.05, 4.69) is 107 Å². The summed E-state index contributed by atoms with van der Waals surface area (Å²) in [5.74, 6) is 2.19. The van der Waals surface area contributed by atoms with Gasteiger partial charge in [-0.25, -0.2) is 0 Å². The van der Waals surface area contributed by atoms with Crippen LogP contribution in [0.25, 0.3) is 0 Å². The Bertz CT molecular complexity index is 1730. The highest BCUT2D eigenvalue weighted by Crippen LogP contribution is 2.41. The lowest BCUT2D eigenvalue weighted by Gasteiger charge is -2.28. The highest BCUT2D eigenvalue weighted by molar-refractivity contribution is 7.99. The summed E-state index contributed by atoms with van der Waals surface area (Å²) < 4.78 is 11.1. The first kappa shape index (κ1) is 43.5. The Labute approximate surface area is 334 Å². The van der Waals surface area contributed by atoms with Gasteiger partial charge in [-0.3, -0.25) is 9.59 Å². The largest absolute Gasteiger partial charge is 0.507 e. The first-order valence-corrected chi connectivity index (χ1v) is 20.5. The third-order valence-electron chi connectivity index (χ3n) is 9.60. The summed E-state index contributed by atoms with van der Waals surface area (Å²) in [6, 6.07) is 23.5. The lowest BCUT2D eigenvalue weighted by molar-refractivity contribution is -0.134. The molecule has 0 aliphatic carbocycles. The van der Waals surface area contributed by atoms with Gasteiger partial charge in [-0.1, -0.05) is 132 Å². The zero-order valence-electron chi connectivity index (χ0n) is 35.1. The normalized spacial score (nSPS) is 12.4. The molecule has 0 amide bonds. The maximum absolute atomic E-state index is 12.5. The number of thioether (sulfide) groups is 1. The standard InChI is InChI=1S/C48H62O6S/c1-45(2,3)37-27-33(28-38(43(37)51)46(4,5)6)25-31-13-17-35(18-14-31)53-41(49)21-23-55-24-22-42(50)54-36-19-15-32(16-20-36)26-34-29-39(47(7,8)9)44(52)40(30-34)48(10,11)12/h13-20,27-30,51-52H,21-26H2,1-12H3. The summed E-state index contributed by atoms with van der Waals surface area (Å²) in [5, 5.41) is 22.1. The summed E-state index contributed by atoms with van der Waals surface area (Å²) in [6.07, 6.45) is 1.86. The third kappa shape index (κ3) is 12.4. The summed E-state index contributed by atoms with van der Waals surface area (Å²) in [6.45, 7) is 25.3. The Morgan fingerprint density at radius 2 is 0.745 bits per heavy atom. The van der Waals surface area contributed by atoms with Crippen LogP contribution in [0, 0.1) is 0 Å². The summed E-state index contributed by atoms with van der Waals surface area (Å²) in [7, 11) is 0. The molecule has 2 N–H and O–H groups in total. The van der Waals surface area contributed by atoms with E-state index in [1.165, 1.54) is 11.8 Å². The predicted molar refractivity (Wildman–Crippen MR) is 227 cm³/mol. The van der Waals surface area contributed by atoms with Gasteiger partial charge >= 0.3 is 11.9 Å². The van der Waals surface area contributed by atoms with Crippen LogP contribution in [-0.2, 0) is 44.1 Å². The van der Waals surface area contributed by atoms with Gasteiger partial charge in [0.05, 0.1) is 12.8 Å². The van der Waals surface area contributed by atoms with Crippen LogP contribution >= 0.6 is 11.8 Å². The predicted octanol–water partition coefficient (Wildman–Crippen LogP) is 11.5. The minimum absolute atomic E-state index is 0.195. The van der Waals surface area contributed by atoms with Crippen molar-refractivity contribution in [3.05, 3.63) is 117 Å². The summed E-state index contributed by atoms with van der Waals surface area (Å²) in [5.41, 5.74) is 7.40. The monoisotopic (exact) mass is 766 g/mol. The van der Waals surface area contributed by atoms with E-state index in [0.717, 1.165) is 44.5 Å². The molecule has 0 aromatic heterocycles. The van der Waals surface area contributed by atoms with Gasteiger partial charge in [-0.05, 0) is 103 Å². The van der Waals surface area contributed by atoms with Gasteiger partial charge in [0.2, 0.25) is 0 Å². The molecule has 0 atom stereocenters. The molecular weight excluding hydrogens is 705 g/mol.